The van der Waals surface area contributed by atoms with Crippen LogP contribution in [0.15, 0.2) is 48.8 Å². The highest BCUT2D eigenvalue weighted by Gasteiger charge is 2.21. The van der Waals surface area contributed by atoms with Crippen LogP contribution in [0.25, 0.3) is 0 Å². The molecule has 0 amide bonds. The van der Waals surface area contributed by atoms with Crippen LogP contribution in [-0.4, -0.2) is 35.1 Å². The van der Waals surface area contributed by atoms with Crippen LogP contribution in [0, 0.1) is 0 Å². The Balaban J connectivity index is 3.92. The second-order valence-corrected chi connectivity index (χ2v) is 14.6. The summed E-state index contributed by atoms with van der Waals surface area (Å²) in [6.07, 6.45) is 47.7. The van der Waals surface area contributed by atoms with Gasteiger partial charge in [-0.05, 0) is 63.9 Å². The maximum atomic E-state index is 12.3. The Morgan fingerprint density at radius 1 is 0.551 bits per heavy atom. The van der Waals surface area contributed by atoms with Gasteiger partial charge in [0.25, 0.3) is 0 Å². The lowest BCUT2D eigenvalue weighted by Crippen LogP contribution is -2.27. The molecule has 0 bridgehead atoms. The van der Waals surface area contributed by atoms with Crippen molar-refractivity contribution in [2.24, 2.45) is 0 Å². The zero-order valence-corrected chi connectivity index (χ0v) is 32.5. The second kappa shape index (κ2) is 37.6. The number of rotatable bonds is 37. The molecule has 0 aliphatic carbocycles. The van der Waals surface area contributed by atoms with Crippen LogP contribution in [0.3, 0.4) is 0 Å². The summed E-state index contributed by atoms with van der Waals surface area (Å²) in [4.78, 5) is 30.5. The largest absolute Gasteiger partial charge is 0.498 e. The van der Waals surface area contributed by atoms with Gasteiger partial charge in [-0.1, -0.05) is 159 Å². The molecule has 0 aromatic rings. The molecule has 7 nitrogen and oxygen atoms in total. The number of allylic oxidation sites excluding steroid dienone is 7. The lowest BCUT2D eigenvalue weighted by atomic mass is 10.0. The molecule has 0 spiro atoms. The standard InChI is InChI=1S/C41H75O7P/c1-3-5-7-9-11-13-15-17-19-20-21-23-25-27-29-31-33-35-37-46-38-40(39-47-49(43,44)45)48-41(42)36-34-32-30-28-26-24-22-18-16-14-12-10-8-6-4-2/h12,14,18,22,26,28,35,37,40H,3-11,13,15-17,19-21,23-25,27,29-34,36,38-39H2,1-2H3,(H2,43,44,45)/b14-12-,22-18-,28-26-,37-35-/t40-/m1/s1. The highest BCUT2D eigenvalue weighted by molar-refractivity contribution is 7.46. The van der Waals surface area contributed by atoms with Crippen LogP contribution in [0.5, 0.6) is 0 Å². The van der Waals surface area contributed by atoms with Gasteiger partial charge in [0.2, 0.25) is 0 Å². The van der Waals surface area contributed by atoms with E-state index in [1.165, 1.54) is 122 Å². The van der Waals surface area contributed by atoms with E-state index in [2.05, 4.69) is 54.8 Å². The topological polar surface area (TPSA) is 102 Å². The fourth-order valence-electron chi connectivity index (χ4n) is 5.47. The quantitative estimate of drug-likeness (QED) is 0.0217. The monoisotopic (exact) mass is 711 g/mol. The number of ether oxygens (including phenoxy) is 2. The third kappa shape index (κ3) is 40.7. The van der Waals surface area contributed by atoms with Gasteiger partial charge in [-0.2, -0.15) is 0 Å². The normalized spacial score (nSPS) is 13.1. The van der Waals surface area contributed by atoms with Crippen molar-refractivity contribution in [1.82, 2.24) is 0 Å². The van der Waals surface area contributed by atoms with E-state index in [1.54, 1.807) is 6.26 Å². The molecule has 2 N–H and O–H groups in total. The minimum atomic E-state index is -4.68. The van der Waals surface area contributed by atoms with Crippen LogP contribution >= 0.6 is 7.82 Å². The van der Waals surface area contributed by atoms with Gasteiger partial charge in [0, 0.05) is 6.42 Å². The number of unbranched alkanes of at least 4 members (excludes halogenated alkanes) is 21. The molecular weight excluding hydrogens is 635 g/mol. The molecule has 0 aliphatic rings. The molecule has 0 radical (unpaired) electrons. The highest BCUT2D eigenvalue weighted by Crippen LogP contribution is 2.35. The van der Waals surface area contributed by atoms with E-state index in [9.17, 15) is 9.36 Å². The highest BCUT2D eigenvalue weighted by atomic mass is 31.2. The number of carbonyl (C=O) groups is 1. The van der Waals surface area contributed by atoms with Crippen molar-refractivity contribution in [2.45, 2.75) is 193 Å². The maximum Gasteiger partial charge on any atom is 0.469 e. The minimum Gasteiger partial charge on any atom is -0.498 e. The summed E-state index contributed by atoms with van der Waals surface area (Å²) in [5.41, 5.74) is 0. The zero-order valence-electron chi connectivity index (χ0n) is 31.6. The van der Waals surface area contributed by atoms with E-state index in [-0.39, 0.29) is 13.0 Å². The molecule has 1 atom stereocenters. The van der Waals surface area contributed by atoms with Crippen molar-refractivity contribution >= 4 is 13.8 Å². The average molecular weight is 711 g/mol. The summed E-state index contributed by atoms with van der Waals surface area (Å²) >= 11 is 0. The van der Waals surface area contributed by atoms with Crippen molar-refractivity contribution in [3.05, 3.63) is 48.8 Å². The van der Waals surface area contributed by atoms with Crippen molar-refractivity contribution in [2.75, 3.05) is 13.2 Å². The number of phosphoric acid groups is 1. The molecule has 286 valence electrons. The van der Waals surface area contributed by atoms with Gasteiger partial charge in [-0.25, -0.2) is 4.57 Å². The first-order chi connectivity index (χ1) is 23.9. The molecule has 8 heteroatoms. The molecule has 0 saturated heterocycles. The van der Waals surface area contributed by atoms with Crippen molar-refractivity contribution in [1.29, 1.82) is 0 Å². The molecular formula is C41H75O7P. The van der Waals surface area contributed by atoms with Gasteiger partial charge in [0.05, 0.1) is 12.9 Å². The smallest absolute Gasteiger partial charge is 0.469 e. The summed E-state index contributed by atoms with van der Waals surface area (Å²) in [6.45, 7) is 4.05. The molecule has 0 rings (SSSR count). The summed E-state index contributed by atoms with van der Waals surface area (Å²) in [6, 6.07) is 0. The maximum absolute atomic E-state index is 12.3. The Kier molecular flexibility index (Phi) is 36.3. The third-order valence-electron chi connectivity index (χ3n) is 8.45. The summed E-state index contributed by atoms with van der Waals surface area (Å²) in [5, 5.41) is 0. The van der Waals surface area contributed by atoms with E-state index in [0.29, 0.717) is 6.42 Å². The predicted octanol–water partition coefficient (Wildman–Crippen LogP) is 12.8. The summed E-state index contributed by atoms with van der Waals surface area (Å²) < 4.78 is 26.7. The van der Waals surface area contributed by atoms with E-state index in [4.69, 9.17) is 19.3 Å². The van der Waals surface area contributed by atoms with Crippen LogP contribution < -0.4 is 0 Å². The van der Waals surface area contributed by atoms with Crippen molar-refractivity contribution in [3.8, 4) is 0 Å². The molecule has 0 saturated carbocycles. The van der Waals surface area contributed by atoms with Gasteiger partial charge >= 0.3 is 13.8 Å². The van der Waals surface area contributed by atoms with E-state index in [1.807, 2.05) is 6.08 Å². The molecule has 49 heavy (non-hydrogen) atoms. The Morgan fingerprint density at radius 2 is 0.959 bits per heavy atom. The number of carbonyl (C=O) groups excluding carboxylic acids is 1. The SMILES string of the molecule is CCCCC/C=C\C/C=C\C/C=C\CCCCC(=O)O[C@H](CO/C=C\CCCCCCCCCCCCCCCCCC)COP(=O)(O)O. The number of hydrogen-bond donors (Lipinski definition) is 2. The number of phosphoric ester groups is 1. The van der Waals surface area contributed by atoms with Crippen molar-refractivity contribution in [3.63, 3.8) is 0 Å². The zero-order chi connectivity index (χ0) is 35.9. The molecule has 0 aromatic carbocycles. The van der Waals surface area contributed by atoms with Gasteiger partial charge in [-0.3, -0.25) is 9.32 Å². The fourth-order valence-corrected chi connectivity index (χ4v) is 5.83. The lowest BCUT2D eigenvalue weighted by Gasteiger charge is -2.18. The van der Waals surface area contributed by atoms with Crippen LogP contribution in [-0.2, 0) is 23.4 Å². The Hall–Kier alpha value is -1.66. The molecule has 0 fully saturated rings. The minimum absolute atomic E-state index is 0.0217. The van der Waals surface area contributed by atoms with Gasteiger partial charge in [0.15, 0.2) is 6.10 Å². The van der Waals surface area contributed by atoms with Gasteiger partial charge in [-0.15, -0.1) is 0 Å². The van der Waals surface area contributed by atoms with Gasteiger partial charge < -0.3 is 19.3 Å². The molecule has 0 unspecified atom stereocenters. The first-order valence-corrected chi connectivity index (χ1v) is 21.5. The van der Waals surface area contributed by atoms with Crippen molar-refractivity contribution < 1.29 is 33.1 Å². The third-order valence-corrected chi connectivity index (χ3v) is 8.93. The Bertz CT molecular complexity index is 877. The molecule has 0 aliphatic heterocycles. The van der Waals surface area contributed by atoms with Crippen LogP contribution in [0.2, 0.25) is 0 Å². The van der Waals surface area contributed by atoms with E-state index >= 15 is 0 Å². The van der Waals surface area contributed by atoms with Crippen LogP contribution in [0.4, 0.5) is 0 Å². The fraction of sp³-hybridized carbons (Fsp3) is 0.780. The summed E-state index contributed by atoms with van der Waals surface area (Å²) in [7, 11) is -4.68. The Labute approximate surface area is 301 Å². The lowest BCUT2D eigenvalue weighted by molar-refractivity contribution is -0.153. The first kappa shape index (κ1) is 47.3. The number of esters is 1. The van der Waals surface area contributed by atoms with Gasteiger partial charge in [0.1, 0.15) is 6.61 Å². The average Bonchev–Trinajstić information content (AvgIpc) is 3.07. The van der Waals surface area contributed by atoms with E-state index < -0.39 is 26.5 Å². The first-order valence-electron chi connectivity index (χ1n) is 20.0. The molecule has 0 aromatic heterocycles. The predicted molar refractivity (Wildman–Crippen MR) is 206 cm³/mol. The Morgan fingerprint density at radius 3 is 1.47 bits per heavy atom. The van der Waals surface area contributed by atoms with E-state index in [0.717, 1.165) is 38.5 Å². The number of hydrogen-bond acceptors (Lipinski definition) is 5. The van der Waals surface area contributed by atoms with Crippen LogP contribution in [0.1, 0.15) is 187 Å². The second-order valence-electron chi connectivity index (χ2n) is 13.3. The summed E-state index contributed by atoms with van der Waals surface area (Å²) in [5.74, 6) is -0.422. The molecule has 0 heterocycles.